The summed E-state index contributed by atoms with van der Waals surface area (Å²) in [5, 5.41) is 0.966. The predicted octanol–water partition coefficient (Wildman–Crippen LogP) is 6.42. The highest BCUT2D eigenvalue weighted by Gasteiger charge is 2.16. The molecule has 0 atom stereocenters. The number of fused-ring (bicyclic) bond motifs is 1. The summed E-state index contributed by atoms with van der Waals surface area (Å²) in [5.74, 6) is 0.176. The van der Waals surface area contributed by atoms with Crippen molar-refractivity contribution in [3.8, 4) is 5.75 Å². The fourth-order valence-corrected chi connectivity index (χ4v) is 4.81. The quantitative estimate of drug-likeness (QED) is 0.0983. The van der Waals surface area contributed by atoms with Gasteiger partial charge in [0.15, 0.2) is 12.4 Å². The number of nitrogens with zero attached hydrogens (tertiary/aromatic N) is 2. The summed E-state index contributed by atoms with van der Waals surface area (Å²) in [6, 6.07) is 21.5. The Labute approximate surface area is 236 Å². The number of ether oxygens (including phenoxy) is 3. The largest absolute Gasteiger partial charge is 0.489 e. The molecule has 7 nitrogen and oxygen atoms in total. The smallest absolute Gasteiger partial charge is 0.354 e. The number of unbranched alkanes of at least 4 members (excludes halogenated alkanes) is 6. The van der Waals surface area contributed by atoms with Crippen molar-refractivity contribution in [3.63, 3.8) is 0 Å². The summed E-state index contributed by atoms with van der Waals surface area (Å²) in [7, 11) is 3.30. The van der Waals surface area contributed by atoms with Crippen molar-refractivity contribution in [1.82, 2.24) is 4.57 Å². The van der Waals surface area contributed by atoms with Crippen LogP contribution in [0.1, 0.15) is 71.4 Å². The van der Waals surface area contributed by atoms with Crippen LogP contribution in [0.15, 0.2) is 79.1 Å². The first-order valence-electron chi connectivity index (χ1n) is 14.1. The molecule has 0 bridgehead atoms. The van der Waals surface area contributed by atoms with Crippen molar-refractivity contribution in [2.75, 3.05) is 13.7 Å². The van der Waals surface area contributed by atoms with Crippen LogP contribution in [-0.2, 0) is 29.7 Å². The summed E-state index contributed by atoms with van der Waals surface area (Å²) >= 11 is 0. The molecule has 0 aliphatic carbocycles. The zero-order valence-electron chi connectivity index (χ0n) is 23.5. The number of methoxy groups -OCH3 is 1. The standard InChI is InChI=1S/C33H39N2O5/c1-34-19-13-16-27(24-34)32(36)39-21-12-7-5-3-4-6-11-20-35-30-18-17-29(40-25-26-14-9-8-10-15-26)22-28(30)23-31(35)33(37)38-2/h8-10,13-19,22-24H,3-7,11-12,20-21,25H2,1-2H3/q+1. The molecule has 0 N–H and O–H groups in total. The van der Waals surface area contributed by atoms with Crippen LogP contribution in [0.3, 0.4) is 0 Å². The summed E-state index contributed by atoms with van der Waals surface area (Å²) in [4.78, 5) is 24.6. The Bertz CT molecular complexity index is 1400. The van der Waals surface area contributed by atoms with E-state index in [0.717, 1.165) is 73.7 Å². The summed E-state index contributed by atoms with van der Waals surface area (Å²) in [6.45, 7) is 1.70. The lowest BCUT2D eigenvalue weighted by Crippen LogP contribution is -2.28. The number of esters is 2. The molecule has 40 heavy (non-hydrogen) atoms. The Morgan fingerprint density at radius 3 is 2.33 bits per heavy atom. The third-order valence-corrected chi connectivity index (χ3v) is 6.95. The van der Waals surface area contributed by atoms with Gasteiger partial charge in [-0.3, -0.25) is 0 Å². The Balaban J connectivity index is 1.18. The maximum absolute atomic E-state index is 12.5. The van der Waals surface area contributed by atoms with Crippen molar-refractivity contribution in [2.24, 2.45) is 7.05 Å². The predicted molar refractivity (Wildman–Crippen MR) is 154 cm³/mol. The molecule has 2 aromatic heterocycles. The van der Waals surface area contributed by atoms with Crippen molar-refractivity contribution in [2.45, 2.75) is 58.1 Å². The van der Waals surface area contributed by atoms with Gasteiger partial charge in [0.1, 0.15) is 30.7 Å². The van der Waals surface area contributed by atoms with Crippen LogP contribution >= 0.6 is 0 Å². The van der Waals surface area contributed by atoms with E-state index in [-0.39, 0.29) is 11.9 Å². The molecule has 4 aromatic rings. The highest BCUT2D eigenvalue weighted by atomic mass is 16.5. The van der Waals surface area contributed by atoms with Crippen molar-refractivity contribution < 1.29 is 28.4 Å². The van der Waals surface area contributed by atoms with E-state index in [1.807, 2.05) is 78.5 Å². The average molecular weight is 544 g/mol. The van der Waals surface area contributed by atoms with Crippen molar-refractivity contribution in [3.05, 3.63) is 95.9 Å². The Kier molecular flexibility index (Phi) is 10.7. The number of aryl methyl sites for hydroxylation is 2. The fourth-order valence-electron chi connectivity index (χ4n) is 4.81. The third-order valence-electron chi connectivity index (χ3n) is 6.95. The van der Waals surface area contributed by atoms with Gasteiger partial charge in [0.25, 0.3) is 0 Å². The van der Waals surface area contributed by atoms with Crippen molar-refractivity contribution >= 4 is 22.8 Å². The molecular formula is C33H39N2O5+. The van der Waals surface area contributed by atoms with Crippen LogP contribution in [0.2, 0.25) is 0 Å². The average Bonchev–Trinajstić information content (AvgIpc) is 3.34. The van der Waals surface area contributed by atoms with E-state index in [9.17, 15) is 9.59 Å². The number of aromatic nitrogens is 2. The van der Waals surface area contributed by atoms with Gasteiger partial charge in [-0.25, -0.2) is 14.2 Å². The van der Waals surface area contributed by atoms with E-state index in [1.165, 1.54) is 7.11 Å². The van der Waals surface area contributed by atoms with Crippen LogP contribution in [0, 0.1) is 0 Å². The molecule has 0 spiro atoms. The zero-order chi connectivity index (χ0) is 28.2. The van der Waals surface area contributed by atoms with E-state index in [1.54, 1.807) is 12.3 Å². The van der Waals surface area contributed by atoms with Gasteiger partial charge >= 0.3 is 11.9 Å². The first-order valence-corrected chi connectivity index (χ1v) is 14.1. The van der Waals surface area contributed by atoms with E-state index in [2.05, 4.69) is 4.57 Å². The summed E-state index contributed by atoms with van der Waals surface area (Å²) < 4.78 is 20.3. The number of benzene rings is 2. The van der Waals surface area contributed by atoms with Gasteiger partial charge in [-0.15, -0.1) is 0 Å². The summed E-state index contributed by atoms with van der Waals surface area (Å²) in [6.07, 6.45) is 11.0. The lowest BCUT2D eigenvalue weighted by molar-refractivity contribution is -0.671. The Hall–Kier alpha value is -4.13. The molecule has 210 valence electrons. The second kappa shape index (κ2) is 14.9. The third kappa shape index (κ3) is 8.18. The van der Waals surface area contributed by atoms with E-state index in [4.69, 9.17) is 14.2 Å². The number of carbonyl (C=O) groups is 2. The van der Waals surface area contributed by atoms with Gasteiger partial charge in [0.2, 0.25) is 0 Å². The molecule has 0 amide bonds. The maximum atomic E-state index is 12.5. The first kappa shape index (κ1) is 28.9. The highest BCUT2D eigenvalue weighted by molar-refractivity contribution is 5.96. The molecule has 0 fully saturated rings. The van der Waals surface area contributed by atoms with Crippen LogP contribution in [0.25, 0.3) is 10.9 Å². The number of carbonyl (C=O) groups excluding carboxylic acids is 2. The molecular weight excluding hydrogens is 504 g/mol. The van der Waals surface area contributed by atoms with Crippen LogP contribution in [0.4, 0.5) is 0 Å². The molecule has 0 saturated heterocycles. The van der Waals surface area contributed by atoms with Gasteiger partial charge in [0, 0.05) is 23.5 Å². The second-order valence-corrected chi connectivity index (χ2v) is 10.0. The number of pyridine rings is 1. The number of hydrogen-bond donors (Lipinski definition) is 0. The minimum atomic E-state index is -0.329. The van der Waals surface area contributed by atoms with Crippen LogP contribution < -0.4 is 9.30 Å². The molecule has 7 heteroatoms. The Morgan fingerprint density at radius 2 is 1.57 bits per heavy atom. The fraction of sp³-hybridized carbons (Fsp3) is 0.364. The van der Waals surface area contributed by atoms with Gasteiger partial charge in [-0.1, -0.05) is 62.4 Å². The monoisotopic (exact) mass is 543 g/mol. The normalized spacial score (nSPS) is 10.9. The zero-order valence-corrected chi connectivity index (χ0v) is 23.5. The van der Waals surface area contributed by atoms with E-state index in [0.29, 0.717) is 24.5 Å². The number of rotatable bonds is 15. The van der Waals surface area contributed by atoms with Crippen LogP contribution in [-0.4, -0.2) is 30.2 Å². The van der Waals surface area contributed by atoms with Gasteiger partial charge < -0.3 is 18.8 Å². The molecule has 2 aromatic carbocycles. The molecule has 0 saturated carbocycles. The van der Waals surface area contributed by atoms with E-state index < -0.39 is 0 Å². The van der Waals surface area contributed by atoms with Crippen LogP contribution in [0.5, 0.6) is 5.75 Å². The van der Waals surface area contributed by atoms with Crippen molar-refractivity contribution in [1.29, 1.82) is 0 Å². The maximum Gasteiger partial charge on any atom is 0.354 e. The Morgan fingerprint density at radius 1 is 0.825 bits per heavy atom. The van der Waals surface area contributed by atoms with E-state index >= 15 is 0 Å². The van der Waals surface area contributed by atoms with Gasteiger partial charge in [-0.05, 0) is 48.7 Å². The second-order valence-electron chi connectivity index (χ2n) is 10.0. The lowest BCUT2D eigenvalue weighted by atomic mass is 10.1. The molecule has 0 unspecified atom stereocenters. The summed E-state index contributed by atoms with van der Waals surface area (Å²) in [5.41, 5.74) is 3.26. The molecule has 2 heterocycles. The topological polar surface area (TPSA) is 70.6 Å². The number of hydrogen-bond acceptors (Lipinski definition) is 5. The SMILES string of the molecule is COC(=O)c1cc2cc(OCc3ccccc3)ccc2n1CCCCCCCCCOC(=O)c1ccc[n+](C)c1. The molecule has 0 radical (unpaired) electrons. The molecule has 4 rings (SSSR count). The molecule has 0 aliphatic rings. The lowest BCUT2D eigenvalue weighted by Gasteiger charge is -2.10. The highest BCUT2D eigenvalue weighted by Crippen LogP contribution is 2.26. The van der Waals surface area contributed by atoms with Gasteiger partial charge in [0.05, 0.1) is 13.7 Å². The first-order chi connectivity index (χ1) is 19.5. The minimum absolute atomic E-state index is 0.268. The minimum Gasteiger partial charge on any atom is -0.489 e. The van der Waals surface area contributed by atoms with Gasteiger partial charge in [-0.2, -0.15) is 0 Å². The molecule has 0 aliphatic heterocycles.